The highest BCUT2D eigenvalue weighted by molar-refractivity contribution is 5.93. The van der Waals surface area contributed by atoms with Crippen molar-refractivity contribution in [1.29, 1.82) is 0 Å². The Morgan fingerprint density at radius 2 is 2.25 bits per heavy atom. The molecule has 0 aliphatic carbocycles. The van der Waals surface area contributed by atoms with Gasteiger partial charge in [0, 0.05) is 24.4 Å². The Bertz CT molecular complexity index is 700. The van der Waals surface area contributed by atoms with Crippen LogP contribution in [0.15, 0.2) is 24.8 Å². The second kappa shape index (κ2) is 4.71. The third-order valence-corrected chi connectivity index (χ3v) is 3.92. The zero-order chi connectivity index (χ0) is 14.3. The number of rotatable bonds is 1. The number of hydrogen-bond acceptors (Lipinski definition) is 2. The molecule has 104 valence electrons. The Morgan fingerprint density at radius 3 is 2.95 bits per heavy atom. The standard InChI is InChI=1S/C16H18N2O2/c1-10-16-13(5-4-8-18(10)11(2)19)14-9-12(20-3)6-7-15(14)17-16/h6-7,9,17H,1,4-5,8H2,2-3H3. The molecule has 3 rings (SSSR count). The maximum atomic E-state index is 11.7. The van der Waals surface area contributed by atoms with Gasteiger partial charge in [0.05, 0.1) is 18.5 Å². The number of carbonyl (C=O) groups excluding carboxylic acids is 1. The van der Waals surface area contributed by atoms with Crippen molar-refractivity contribution in [3.05, 3.63) is 36.0 Å². The average molecular weight is 270 g/mol. The van der Waals surface area contributed by atoms with Crippen LogP contribution in [0.3, 0.4) is 0 Å². The molecule has 0 saturated heterocycles. The van der Waals surface area contributed by atoms with Crippen molar-refractivity contribution in [2.24, 2.45) is 0 Å². The number of methoxy groups -OCH3 is 1. The van der Waals surface area contributed by atoms with Gasteiger partial charge in [0.25, 0.3) is 0 Å². The van der Waals surface area contributed by atoms with E-state index in [2.05, 4.69) is 11.6 Å². The fourth-order valence-corrected chi connectivity index (χ4v) is 2.89. The van der Waals surface area contributed by atoms with Crippen molar-refractivity contribution >= 4 is 22.5 Å². The van der Waals surface area contributed by atoms with Gasteiger partial charge in [0.15, 0.2) is 0 Å². The Morgan fingerprint density at radius 1 is 1.45 bits per heavy atom. The zero-order valence-electron chi connectivity index (χ0n) is 11.8. The van der Waals surface area contributed by atoms with E-state index in [1.165, 1.54) is 5.56 Å². The summed E-state index contributed by atoms with van der Waals surface area (Å²) in [6.45, 7) is 6.41. The Hall–Kier alpha value is -2.23. The minimum Gasteiger partial charge on any atom is -0.497 e. The van der Waals surface area contributed by atoms with E-state index in [9.17, 15) is 4.79 Å². The van der Waals surface area contributed by atoms with E-state index < -0.39 is 0 Å². The molecule has 1 aliphatic rings. The molecule has 1 N–H and O–H groups in total. The highest BCUT2D eigenvalue weighted by Crippen LogP contribution is 2.34. The molecule has 2 aromatic rings. The van der Waals surface area contributed by atoms with Crippen molar-refractivity contribution < 1.29 is 9.53 Å². The molecule has 2 heterocycles. The molecule has 4 heteroatoms. The van der Waals surface area contributed by atoms with E-state index >= 15 is 0 Å². The summed E-state index contributed by atoms with van der Waals surface area (Å²) in [6, 6.07) is 5.99. The Balaban J connectivity index is 2.17. The van der Waals surface area contributed by atoms with E-state index in [4.69, 9.17) is 4.74 Å². The number of aryl methyl sites for hydroxylation is 1. The first-order valence-electron chi connectivity index (χ1n) is 6.78. The summed E-state index contributed by atoms with van der Waals surface area (Å²) in [5.74, 6) is 0.886. The zero-order valence-corrected chi connectivity index (χ0v) is 11.8. The average Bonchev–Trinajstić information content (AvgIpc) is 2.71. The maximum Gasteiger partial charge on any atom is 0.223 e. The number of benzene rings is 1. The summed E-state index contributed by atoms with van der Waals surface area (Å²) in [7, 11) is 1.67. The van der Waals surface area contributed by atoms with Gasteiger partial charge in [-0.1, -0.05) is 6.58 Å². The van der Waals surface area contributed by atoms with Gasteiger partial charge in [-0.15, -0.1) is 0 Å². The number of amides is 1. The number of carbonyl (C=O) groups is 1. The van der Waals surface area contributed by atoms with Gasteiger partial charge in [-0.05, 0) is 36.6 Å². The normalized spacial score (nSPS) is 15.1. The highest BCUT2D eigenvalue weighted by atomic mass is 16.5. The van der Waals surface area contributed by atoms with Crippen LogP contribution in [0.25, 0.3) is 16.6 Å². The molecule has 0 spiro atoms. The van der Waals surface area contributed by atoms with E-state index in [0.29, 0.717) is 0 Å². The van der Waals surface area contributed by atoms with E-state index in [0.717, 1.165) is 47.4 Å². The molecular formula is C16H18N2O2. The van der Waals surface area contributed by atoms with E-state index in [1.54, 1.807) is 18.9 Å². The molecule has 1 aliphatic heterocycles. The van der Waals surface area contributed by atoms with Crippen LogP contribution in [0.5, 0.6) is 5.75 Å². The number of aromatic nitrogens is 1. The summed E-state index contributed by atoms with van der Waals surface area (Å²) in [6.07, 6.45) is 1.88. The lowest BCUT2D eigenvalue weighted by atomic mass is 10.1. The van der Waals surface area contributed by atoms with Crippen LogP contribution in [0.2, 0.25) is 0 Å². The smallest absolute Gasteiger partial charge is 0.223 e. The number of nitrogens with one attached hydrogen (secondary N) is 1. The van der Waals surface area contributed by atoms with Gasteiger partial charge in [-0.25, -0.2) is 0 Å². The van der Waals surface area contributed by atoms with Crippen molar-refractivity contribution in [3.8, 4) is 5.75 Å². The number of nitrogens with zero attached hydrogens (tertiary/aromatic N) is 1. The lowest BCUT2D eigenvalue weighted by Gasteiger charge is -2.20. The molecule has 1 aromatic carbocycles. The van der Waals surface area contributed by atoms with Crippen LogP contribution < -0.4 is 4.74 Å². The molecule has 0 bridgehead atoms. The minimum absolute atomic E-state index is 0.0408. The first-order valence-corrected chi connectivity index (χ1v) is 6.78. The molecule has 0 radical (unpaired) electrons. The van der Waals surface area contributed by atoms with Crippen molar-refractivity contribution in [2.45, 2.75) is 19.8 Å². The molecule has 0 fully saturated rings. The second-order valence-corrected chi connectivity index (χ2v) is 5.11. The summed E-state index contributed by atoms with van der Waals surface area (Å²) in [5, 5.41) is 1.16. The SMILES string of the molecule is C=C1c2[nH]c3ccc(OC)cc3c2CCCN1C(C)=O. The lowest BCUT2D eigenvalue weighted by molar-refractivity contribution is -0.125. The monoisotopic (exact) mass is 270 g/mol. The first-order chi connectivity index (χ1) is 9.61. The fraction of sp³-hybridized carbons (Fsp3) is 0.312. The van der Waals surface area contributed by atoms with Crippen molar-refractivity contribution in [3.63, 3.8) is 0 Å². The van der Waals surface area contributed by atoms with Gasteiger partial charge in [-0.3, -0.25) is 4.79 Å². The first kappa shape index (κ1) is 12.8. The van der Waals surface area contributed by atoms with Crippen LogP contribution in [0, 0.1) is 0 Å². The number of aromatic amines is 1. The van der Waals surface area contributed by atoms with Crippen LogP contribution in [-0.4, -0.2) is 29.4 Å². The molecular weight excluding hydrogens is 252 g/mol. The largest absolute Gasteiger partial charge is 0.497 e. The quantitative estimate of drug-likeness (QED) is 0.866. The third kappa shape index (κ3) is 1.88. The predicted octanol–water partition coefficient (Wildman–Crippen LogP) is 2.94. The summed E-state index contributed by atoms with van der Waals surface area (Å²) in [4.78, 5) is 16.9. The second-order valence-electron chi connectivity index (χ2n) is 5.11. The Kier molecular flexibility index (Phi) is 3.01. The van der Waals surface area contributed by atoms with Crippen molar-refractivity contribution in [1.82, 2.24) is 9.88 Å². The van der Waals surface area contributed by atoms with Gasteiger partial charge in [0.2, 0.25) is 5.91 Å². The molecule has 1 aromatic heterocycles. The molecule has 4 nitrogen and oxygen atoms in total. The van der Waals surface area contributed by atoms with E-state index in [-0.39, 0.29) is 5.91 Å². The lowest BCUT2D eigenvalue weighted by Crippen LogP contribution is -2.26. The summed E-state index contributed by atoms with van der Waals surface area (Å²) in [5.41, 5.74) is 4.02. The Labute approximate surface area is 118 Å². The van der Waals surface area contributed by atoms with Crippen LogP contribution in [0.4, 0.5) is 0 Å². The minimum atomic E-state index is 0.0408. The van der Waals surface area contributed by atoms with E-state index in [1.807, 2.05) is 18.2 Å². The van der Waals surface area contributed by atoms with Gasteiger partial charge in [-0.2, -0.15) is 0 Å². The van der Waals surface area contributed by atoms with Gasteiger partial charge >= 0.3 is 0 Å². The van der Waals surface area contributed by atoms with Gasteiger partial charge in [0.1, 0.15) is 5.75 Å². The van der Waals surface area contributed by atoms with Crippen LogP contribution in [0.1, 0.15) is 24.6 Å². The number of fused-ring (bicyclic) bond motifs is 3. The number of H-pyrrole nitrogens is 1. The van der Waals surface area contributed by atoms with Crippen molar-refractivity contribution in [2.75, 3.05) is 13.7 Å². The summed E-state index contributed by atoms with van der Waals surface area (Å²) < 4.78 is 5.30. The van der Waals surface area contributed by atoms with Crippen LogP contribution in [-0.2, 0) is 11.2 Å². The van der Waals surface area contributed by atoms with Gasteiger partial charge < -0.3 is 14.6 Å². The molecule has 0 saturated carbocycles. The molecule has 1 amide bonds. The predicted molar refractivity (Wildman–Crippen MR) is 79.6 cm³/mol. The molecule has 20 heavy (non-hydrogen) atoms. The molecule has 0 atom stereocenters. The van der Waals surface area contributed by atoms with Crippen LogP contribution >= 0.6 is 0 Å². The highest BCUT2D eigenvalue weighted by Gasteiger charge is 2.23. The fourth-order valence-electron chi connectivity index (χ4n) is 2.89. The molecule has 0 unspecified atom stereocenters. The summed E-state index contributed by atoms with van der Waals surface area (Å²) >= 11 is 0. The third-order valence-electron chi connectivity index (χ3n) is 3.92. The topological polar surface area (TPSA) is 45.3 Å². The number of hydrogen-bond donors (Lipinski definition) is 1. The maximum absolute atomic E-state index is 11.7. The number of ether oxygens (including phenoxy) is 1.